The molecule has 1 heterocycles. The van der Waals surface area contributed by atoms with E-state index < -0.39 is 5.60 Å². The molecule has 10 heavy (non-hydrogen) atoms. The number of likely N-dealkylation sites (N-methyl/N-ethyl adjacent to an activating group) is 1. The van der Waals surface area contributed by atoms with E-state index in [-0.39, 0.29) is 0 Å². The molecule has 0 bridgehead atoms. The van der Waals surface area contributed by atoms with Crippen molar-refractivity contribution in [3.63, 3.8) is 0 Å². The molecule has 0 radical (unpaired) electrons. The Morgan fingerprint density at radius 2 is 2.50 bits per heavy atom. The van der Waals surface area contributed by atoms with Crippen LogP contribution in [-0.2, 0) is 0 Å². The van der Waals surface area contributed by atoms with Gasteiger partial charge in [0.2, 0.25) is 0 Å². The Hall–Kier alpha value is -0.120. The highest BCUT2D eigenvalue weighted by molar-refractivity contribution is 4.89. The highest BCUT2D eigenvalue weighted by Crippen LogP contribution is 2.11. The van der Waals surface area contributed by atoms with Crippen LogP contribution in [0.2, 0.25) is 0 Å². The summed E-state index contributed by atoms with van der Waals surface area (Å²) in [4.78, 5) is 0. The van der Waals surface area contributed by atoms with Crippen molar-refractivity contribution in [2.75, 3.05) is 26.2 Å². The van der Waals surface area contributed by atoms with Crippen molar-refractivity contribution in [3.8, 4) is 0 Å². The van der Waals surface area contributed by atoms with Gasteiger partial charge in [0.15, 0.2) is 0 Å². The molecule has 1 fully saturated rings. The summed E-state index contributed by atoms with van der Waals surface area (Å²) in [5.74, 6) is 0. The highest BCUT2D eigenvalue weighted by Gasteiger charge is 2.29. The SMILES string of the molecule is CCNCC1(O)CCNC1. The second kappa shape index (κ2) is 3.32. The second-order valence-electron chi connectivity index (χ2n) is 2.93. The van der Waals surface area contributed by atoms with Crippen LogP contribution in [0.3, 0.4) is 0 Å². The molecular formula is C7H16N2O. The molecule has 0 saturated carbocycles. The summed E-state index contributed by atoms with van der Waals surface area (Å²) < 4.78 is 0. The van der Waals surface area contributed by atoms with Gasteiger partial charge in [0, 0.05) is 13.1 Å². The van der Waals surface area contributed by atoms with E-state index in [4.69, 9.17) is 0 Å². The molecule has 0 aromatic carbocycles. The predicted molar refractivity (Wildman–Crippen MR) is 41.0 cm³/mol. The third kappa shape index (κ3) is 1.94. The molecule has 0 aliphatic carbocycles. The first-order chi connectivity index (χ1) is 4.77. The lowest BCUT2D eigenvalue weighted by molar-refractivity contribution is 0.0618. The zero-order chi connectivity index (χ0) is 7.45. The molecule has 0 aromatic heterocycles. The van der Waals surface area contributed by atoms with Gasteiger partial charge in [-0.3, -0.25) is 0 Å². The van der Waals surface area contributed by atoms with Crippen LogP contribution in [-0.4, -0.2) is 36.9 Å². The highest BCUT2D eigenvalue weighted by atomic mass is 16.3. The number of hydrogen-bond acceptors (Lipinski definition) is 3. The van der Waals surface area contributed by atoms with E-state index >= 15 is 0 Å². The van der Waals surface area contributed by atoms with Crippen molar-refractivity contribution >= 4 is 0 Å². The van der Waals surface area contributed by atoms with Crippen LogP contribution in [0.25, 0.3) is 0 Å². The summed E-state index contributed by atoms with van der Waals surface area (Å²) in [6, 6.07) is 0. The van der Waals surface area contributed by atoms with Crippen molar-refractivity contribution in [1.29, 1.82) is 0 Å². The number of rotatable bonds is 3. The minimum Gasteiger partial charge on any atom is -0.387 e. The molecule has 1 saturated heterocycles. The standard InChI is InChI=1S/C7H16N2O/c1-2-8-5-7(10)3-4-9-6-7/h8-10H,2-6H2,1H3. The normalized spacial score (nSPS) is 33.0. The molecule has 1 aliphatic heterocycles. The Morgan fingerprint density at radius 1 is 1.70 bits per heavy atom. The zero-order valence-corrected chi connectivity index (χ0v) is 6.48. The van der Waals surface area contributed by atoms with Crippen molar-refractivity contribution < 1.29 is 5.11 Å². The Kier molecular flexibility index (Phi) is 2.65. The Labute approximate surface area is 61.8 Å². The first-order valence-electron chi connectivity index (χ1n) is 3.91. The smallest absolute Gasteiger partial charge is 0.0907 e. The topological polar surface area (TPSA) is 44.3 Å². The van der Waals surface area contributed by atoms with Gasteiger partial charge in [-0.1, -0.05) is 6.92 Å². The molecule has 3 nitrogen and oxygen atoms in total. The Morgan fingerprint density at radius 3 is 3.00 bits per heavy atom. The van der Waals surface area contributed by atoms with E-state index in [1.165, 1.54) is 0 Å². The largest absolute Gasteiger partial charge is 0.387 e. The fourth-order valence-electron chi connectivity index (χ4n) is 1.24. The number of nitrogens with one attached hydrogen (secondary N) is 2. The average molecular weight is 144 g/mol. The molecule has 1 unspecified atom stereocenters. The molecule has 0 spiro atoms. The summed E-state index contributed by atoms with van der Waals surface area (Å²) in [5.41, 5.74) is -0.476. The monoisotopic (exact) mass is 144 g/mol. The predicted octanol–water partition coefficient (Wildman–Crippen LogP) is -0.680. The molecule has 0 amide bonds. The van der Waals surface area contributed by atoms with Crippen LogP contribution in [0.5, 0.6) is 0 Å². The average Bonchev–Trinajstić information content (AvgIpc) is 2.33. The van der Waals surface area contributed by atoms with Crippen LogP contribution in [0.4, 0.5) is 0 Å². The fraction of sp³-hybridized carbons (Fsp3) is 1.00. The van der Waals surface area contributed by atoms with Crippen molar-refractivity contribution in [2.24, 2.45) is 0 Å². The number of aliphatic hydroxyl groups is 1. The first-order valence-corrected chi connectivity index (χ1v) is 3.91. The quantitative estimate of drug-likeness (QED) is 0.492. The van der Waals surface area contributed by atoms with Gasteiger partial charge in [0.1, 0.15) is 0 Å². The minimum absolute atomic E-state index is 0.476. The molecular weight excluding hydrogens is 128 g/mol. The van der Waals surface area contributed by atoms with Gasteiger partial charge >= 0.3 is 0 Å². The van der Waals surface area contributed by atoms with E-state index in [1.54, 1.807) is 0 Å². The third-order valence-electron chi connectivity index (χ3n) is 1.93. The summed E-state index contributed by atoms with van der Waals surface area (Å²) in [7, 11) is 0. The maximum absolute atomic E-state index is 9.70. The van der Waals surface area contributed by atoms with Crippen LogP contribution in [0.1, 0.15) is 13.3 Å². The zero-order valence-electron chi connectivity index (χ0n) is 6.48. The van der Waals surface area contributed by atoms with Gasteiger partial charge in [-0.2, -0.15) is 0 Å². The lowest BCUT2D eigenvalue weighted by Crippen LogP contribution is -2.42. The molecule has 60 valence electrons. The molecule has 0 aromatic rings. The lowest BCUT2D eigenvalue weighted by atomic mass is 10.0. The Balaban J connectivity index is 2.22. The van der Waals surface area contributed by atoms with Crippen molar-refractivity contribution in [2.45, 2.75) is 18.9 Å². The maximum atomic E-state index is 9.70. The summed E-state index contributed by atoms with van der Waals surface area (Å²) in [6.07, 6.45) is 0.875. The summed E-state index contributed by atoms with van der Waals surface area (Å²) in [5, 5.41) is 16.0. The third-order valence-corrected chi connectivity index (χ3v) is 1.93. The van der Waals surface area contributed by atoms with Gasteiger partial charge < -0.3 is 15.7 Å². The van der Waals surface area contributed by atoms with Crippen LogP contribution in [0.15, 0.2) is 0 Å². The first kappa shape index (κ1) is 7.98. The van der Waals surface area contributed by atoms with Crippen LogP contribution < -0.4 is 10.6 Å². The van der Waals surface area contributed by atoms with Crippen molar-refractivity contribution in [1.82, 2.24) is 10.6 Å². The van der Waals surface area contributed by atoms with Crippen LogP contribution in [0, 0.1) is 0 Å². The minimum atomic E-state index is -0.476. The Bertz CT molecular complexity index is 99.8. The lowest BCUT2D eigenvalue weighted by Gasteiger charge is -2.20. The molecule has 3 N–H and O–H groups in total. The van der Waals surface area contributed by atoms with E-state index in [0.717, 1.165) is 32.6 Å². The number of β-amino-alcohol motifs (C(OH)–C–C–N with tert-alkyl or cyclic N) is 1. The van der Waals surface area contributed by atoms with Crippen LogP contribution >= 0.6 is 0 Å². The molecule has 3 heteroatoms. The van der Waals surface area contributed by atoms with Gasteiger partial charge in [0.25, 0.3) is 0 Å². The van der Waals surface area contributed by atoms with Gasteiger partial charge in [-0.25, -0.2) is 0 Å². The summed E-state index contributed by atoms with van der Waals surface area (Å²) >= 11 is 0. The van der Waals surface area contributed by atoms with Crippen molar-refractivity contribution in [3.05, 3.63) is 0 Å². The molecule has 1 atom stereocenters. The van der Waals surface area contributed by atoms with E-state index in [9.17, 15) is 5.11 Å². The fourth-order valence-corrected chi connectivity index (χ4v) is 1.24. The van der Waals surface area contributed by atoms with E-state index in [1.807, 2.05) is 6.92 Å². The van der Waals surface area contributed by atoms with Gasteiger partial charge in [-0.15, -0.1) is 0 Å². The second-order valence-corrected chi connectivity index (χ2v) is 2.93. The van der Waals surface area contributed by atoms with E-state index in [0.29, 0.717) is 0 Å². The van der Waals surface area contributed by atoms with E-state index in [2.05, 4.69) is 10.6 Å². The molecule has 1 rings (SSSR count). The number of hydrogen-bond donors (Lipinski definition) is 3. The molecule has 1 aliphatic rings. The van der Waals surface area contributed by atoms with Gasteiger partial charge in [0.05, 0.1) is 5.60 Å². The maximum Gasteiger partial charge on any atom is 0.0907 e. The van der Waals surface area contributed by atoms with Gasteiger partial charge in [-0.05, 0) is 19.5 Å². The summed E-state index contributed by atoms with van der Waals surface area (Å²) in [6.45, 7) is 5.38.